The quantitative estimate of drug-likeness (QED) is 0.144. The van der Waals surface area contributed by atoms with Crippen LogP contribution in [0, 0.1) is 25.2 Å². The van der Waals surface area contributed by atoms with Gasteiger partial charge in [0.2, 0.25) is 0 Å². The van der Waals surface area contributed by atoms with Gasteiger partial charge in [0.1, 0.15) is 5.75 Å². The Morgan fingerprint density at radius 1 is 1.02 bits per heavy atom. The van der Waals surface area contributed by atoms with Gasteiger partial charge >= 0.3 is 5.97 Å². The van der Waals surface area contributed by atoms with Crippen molar-refractivity contribution in [3.63, 3.8) is 0 Å². The number of fused-ring (bicyclic) bond motifs is 2. The van der Waals surface area contributed by atoms with E-state index in [4.69, 9.17) is 14.5 Å². The highest BCUT2D eigenvalue weighted by Gasteiger charge is 2.36. The molecule has 2 aromatic heterocycles. The molecule has 0 unspecified atom stereocenters. The van der Waals surface area contributed by atoms with Crippen LogP contribution < -0.4 is 19.6 Å². The summed E-state index contributed by atoms with van der Waals surface area (Å²) in [6.45, 7) is 10.7. The minimum atomic E-state index is -0.809. The summed E-state index contributed by atoms with van der Waals surface area (Å²) in [7, 11) is 1.65. The molecular formula is C44H40N4O4S. The number of nitrogens with zero attached hydrogens (tertiary/aromatic N) is 4. The van der Waals surface area contributed by atoms with Gasteiger partial charge in [0.25, 0.3) is 5.56 Å². The van der Waals surface area contributed by atoms with Crippen molar-refractivity contribution in [1.29, 1.82) is 5.26 Å². The Morgan fingerprint density at radius 3 is 2.45 bits per heavy atom. The van der Waals surface area contributed by atoms with Crippen LogP contribution >= 0.6 is 11.3 Å². The number of rotatable bonds is 9. The number of hydrogen-bond donors (Lipinski definition) is 0. The zero-order valence-corrected chi connectivity index (χ0v) is 31.5. The zero-order valence-electron chi connectivity index (χ0n) is 30.6. The van der Waals surface area contributed by atoms with E-state index in [-0.39, 0.29) is 18.1 Å². The van der Waals surface area contributed by atoms with Crippen molar-refractivity contribution in [2.75, 3.05) is 13.7 Å². The number of carbonyl (C=O) groups is 1. The molecule has 0 spiro atoms. The number of aryl methyl sites for hydroxylation is 1. The molecule has 0 bridgehead atoms. The van der Waals surface area contributed by atoms with Crippen LogP contribution in [0.4, 0.5) is 0 Å². The van der Waals surface area contributed by atoms with Crippen molar-refractivity contribution >= 4 is 40.0 Å². The topological polar surface area (TPSA) is 98.6 Å². The molecule has 1 aliphatic heterocycles. The van der Waals surface area contributed by atoms with E-state index in [1.54, 1.807) is 18.6 Å². The summed E-state index contributed by atoms with van der Waals surface area (Å²) in [5, 5.41) is 10.8. The molecule has 7 rings (SSSR count). The largest absolute Gasteiger partial charge is 0.496 e. The summed E-state index contributed by atoms with van der Waals surface area (Å²) in [5.41, 5.74) is 8.36. The standard InChI is InChI=1S/C44H40N4O4S/c1-7-52-43(50)39-40(29-15-9-8-10-16-29)46-44-48(41(39)34-22-33(26(2)3)37(51-6)21-27(34)4)42(49)38(53-44)23-35-28(5)47(36-20-14-13-19-32(35)36)25-31-18-12-11-17-30(31)24-45/h8-23,26,41H,7,25H2,1-6H3/b38-23-/t41-/m1/s1. The number of para-hydroxylation sites is 1. The smallest absolute Gasteiger partial charge is 0.338 e. The number of benzene rings is 4. The van der Waals surface area contributed by atoms with E-state index in [0.29, 0.717) is 32.7 Å². The highest BCUT2D eigenvalue weighted by atomic mass is 32.1. The monoisotopic (exact) mass is 720 g/mol. The summed E-state index contributed by atoms with van der Waals surface area (Å²) >= 11 is 1.31. The van der Waals surface area contributed by atoms with Crippen LogP contribution in [-0.2, 0) is 16.1 Å². The molecule has 0 N–H and O–H groups in total. The fourth-order valence-electron chi connectivity index (χ4n) is 7.29. The van der Waals surface area contributed by atoms with Gasteiger partial charge in [-0.05, 0) is 79.3 Å². The first-order valence-corrected chi connectivity index (χ1v) is 18.5. The van der Waals surface area contributed by atoms with Gasteiger partial charge in [-0.15, -0.1) is 0 Å². The lowest BCUT2D eigenvalue weighted by molar-refractivity contribution is -0.138. The van der Waals surface area contributed by atoms with Gasteiger partial charge in [0.15, 0.2) is 4.80 Å². The molecule has 3 heterocycles. The Labute approximate surface area is 312 Å². The highest BCUT2D eigenvalue weighted by Crippen LogP contribution is 2.40. The van der Waals surface area contributed by atoms with E-state index in [9.17, 15) is 14.9 Å². The van der Waals surface area contributed by atoms with Gasteiger partial charge in [-0.2, -0.15) is 5.26 Å². The fraction of sp³-hybridized carbons (Fsp3) is 0.227. The zero-order chi connectivity index (χ0) is 37.4. The molecule has 8 nitrogen and oxygen atoms in total. The van der Waals surface area contributed by atoms with Crippen LogP contribution in [0.15, 0.2) is 106 Å². The van der Waals surface area contributed by atoms with E-state index in [1.165, 1.54) is 11.3 Å². The Morgan fingerprint density at radius 2 is 1.74 bits per heavy atom. The third-order valence-electron chi connectivity index (χ3n) is 9.93. The second-order valence-corrected chi connectivity index (χ2v) is 14.4. The van der Waals surface area contributed by atoms with E-state index in [1.807, 2.05) is 92.7 Å². The number of methoxy groups -OCH3 is 1. The molecule has 1 aliphatic rings. The van der Waals surface area contributed by atoms with Crippen molar-refractivity contribution in [3.05, 3.63) is 161 Å². The molecule has 1 atom stereocenters. The summed E-state index contributed by atoms with van der Waals surface area (Å²) in [6.07, 6.45) is 1.95. The predicted molar refractivity (Wildman–Crippen MR) is 210 cm³/mol. The number of carbonyl (C=O) groups excluding carboxylic acids is 1. The van der Waals surface area contributed by atoms with Crippen LogP contribution in [0.3, 0.4) is 0 Å². The van der Waals surface area contributed by atoms with Crippen molar-refractivity contribution in [1.82, 2.24) is 9.13 Å². The summed E-state index contributed by atoms with van der Waals surface area (Å²) in [4.78, 5) is 34.6. The Balaban J connectivity index is 1.52. The summed E-state index contributed by atoms with van der Waals surface area (Å²) < 4.78 is 15.8. The molecule has 0 saturated carbocycles. The molecule has 0 fully saturated rings. The molecule has 0 aliphatic carbocycles. The van der Waals surface area contributed by atoms with Crippen LogP contribution in [0.1, 0.15) is 77.4 Å². The minimum absolute atomic E-state index is 0.115. The molecule has 266 valence electrons. The van der Waals surface area contributed by atoms with Gasteiger partial charge < -0.3 is 14.0 Å². The number of thiazole rings is 1. The molecule has 9 heteroatoms. The van der Waals surface area contributed by atoms with E-state index < -0.39 is 12.0 Å². The average molecular weight is 721 g/mol. The van der Waals surface area contributed by atoms with Crippen LogP contribution in [0.2, 0.25) is 0 Å². The molecular weight excluding hydrogens is 681 g/mol. The first-order valence-electron chi connectivity index (χ1n) is 17.7. The van der Waals surface area contributed by atoms with Gasteiger partial charge in [-0.25, -0.2) is 9.79 Å². The van der Waals surface area contributed by atoms with Crippen molar-refractivity contribution in [2.45, 2.75) is 53.1 Å². The lowest BCUT2D eigenvalue weighted by Crippen LogP contribution is -2.40. The van der Waals surface area contributed by atoms with Gasteiger partial charge in [0, 0.05) is 34.3 Å². The number of nitriles is 1. The third kappa shape index (κ3) is 6.30. The molecule has 4 aromatic carbocycles. The van der Waals surface area contributed by atoms with Crippen LogP contribution in [-0.4, -0.2) is 28.8 Å². The predicted octanol–water partition coefficient (Wildman–Crippen LogP) is 7.56. The number of ether oxygens (including phenoxy) is 2. The average Bonchev–Trinajstić information content (AvgIpc) is 3.62. The highest BCUT2D eigenvalue weighted by molar-refractivity contribution is 7.07. The molecule has 6 aromatic rings. The first kappa shape index (κ1) is 35.4. The molecule has 0 saturated heterocycles. The molecule has 0 radical (unpaired) electrons. The third-order valence-corrected chi connectivity index (χ3v) is 10.9. The van der Waals surface area contributed by atoms with E-state index in [0.717, 1.165) is 55.7 Å². The Kier molecular flexibility index (Phi) is 9.74. The summed E-state index contributed by atoms with van der Waals surface area (Å²) in [6, 6.07) is 30.9. The second-order valence-electron chi connectivity index (χ2n) is 13.4. The lowest BCUT2D eigenvalue weighted by Gasteiger charge is -2.28. The van der Waals surface area contributed by atoms with Gasteiger partial charge in [-0.3, -0.25) is 9.36 Å². The Hall–Kier alpha value is -5.98. The maximum atomic E-state index is 14.9. The van der Waals surface area contributed by atoms with Gasteiger partial charge in [-0.1, -0.05) is 91.9 Å². The van der Waals surface area contributed by atoms with Crippen LogP contribution in [0.25, 0.3) is 22.7 Å². The summed E-state index contributed by atoms with van der Waals surface area (Å²) in [5.74, 6) is 0.347. The van der Waals surface area contributed by atoms with E-state index >= 15 is 0 Å². The van der Waals surface area contributed by atoms with Crippen molar-refractivity contribution in [2.24, 2.45) is 4.99 Å². The maximum Gasteiger partial charge on any atom is 0.338 e. The maximum absolute atomic E-state index is 14.9. The van der Waals surface area contributed by atoms with Crippen LogP contribution in [0.5, 0.6) is 5.75 Å². The molecule has 0 amide bonds. The van der Waals surface area contributed by atoms with E-state index in [2.05, 4.69) is 42.7 Å². The van der Waals surface area contributed by atoms with Crippen molar-refractivity contribution in [3.8, 4) is 11.8 Å². The molecule has 53 heavy (non-hydrogen) atoms. The fourth-order valence-corrected chi connectivity index (χ4v) is 8.27. The van der Waals surface area contributed by atoms with Crippen molar-refractivity contribution < 1.29 is 14.3 Å². The Bertz CT molecular complexity index is 2660. The lowest BCUT2D eigenvalue weighted by atomic mass is 9.87. The number of aromatic nitrogens is 2. The van der Waals surface area contributed by atoms with Gasteiger partial charge in [0.05, 0.1) is 47.2 Å². The first-order chi connectivity index (χ1) is 25.7. The number of hydrogen-bond acceptors (Lipinski definition) is 7. The number of esters is 1. The minimum Gasteiger partial charge on any atom is -0.496 e. The second kappa shape index (κ2) is 14.6. The SMILES string of the molecule is CCOC(=O)C1=C(c2ccccc2)N=c2s/c(=C\c3c(C)n(Cc4ccccc4C#N)c4ccccc34)c(=O)n2[C@@H]1c1cc(C(C)C)c(OC)cc1C. The normalized spacial score (nSPS) is 14.3.